The minimum absolute atomic E-state index is 0.0690. The summed E-state index contributed by atoms with van der Waals surface area (Å²) in [5.41, 5.74) is 2.82. The Morgan fingerprint density at radius 3 is 2.80 bits per heavy atom. The van der Waals surface area contributed by atoms with Crippen molar-refractivity contribution < 1.29 is 9.18 Å². The molecule has 0 fully saturated rings. The summed E-state index contributed by atoms with van der Waals surface area (Å²) in [6, 6.07) is 12.3. The number of nitrogens with one attached hydrogen (secondary N) is 1. The highest BCUT2D eigenvalue weighted by atomic mass is 32.2. The van der Waals surface area contributed by atoms with E-state index in [0.717, 1.165) is 16.8 Å². The van der Waals surface area contributed by atoms with E-state index >= 15 is 0 Å². The second-order valence-corrected chi connectivity index (χ2v) is 6.42. The highest BCUT2D eigenvalue weighted by Crippen LogP contribution is 2.21. The molecule has 0 saturated heterocycles. The lowest BCUT2D eigenvalue weighted by molar-refractivity contribution is -0.113. The number of nitrogens with zero attached hydrogens (tertiary/aromatic N) is 4. The van der Waals surface area contributed by atoms with Gasteiger partial charge in [0.1, 0.15) is 5.82 Å². The SMILES string of the molecule is Cc1ccc(NC(=O)CSc2nnnn2-c2ccccc2C)c(F)c1. The molecule has 1 amide bonds. The minimum Gasteiger partial charge on any atom is -0.323 e. The third-order valence-electron chi connectivity index (χ3n) is 3.52. The third-order valence-corrected chi connectivity index (χ3v) is 4.43. The molecular weight excluding hydrogens is 341 g/mol. The molecule has 3 aromatic rings. The van der Waals surface area contributed by atoms with Crippen LogP contribution < -0.4 is 5.32 Å². The number of benzene rings is 2. The first-order chi connectivity index (χ1) is 12.0. The Morgan fingerprint density at radius 1 is 1.24 bits per heavy atom. The van der Waals surface area contributed by atoms with Crippen LogP contribution >= 0.6 is 11.8 Å². The molecule has 0 atom stereocenters. The largest absolute Gasteiger partial charge is 0.323 e. The number of aryl methyl sites for hydroxylation is 2. The van der Waals surface area contributed by atoms with Crippen molar-refractivity contribution in [2.45, 2.75) is 19.0 Å². The molecule has 1 aromatic heterocycles. The molecule has 0 aliphatic carbocycles. The minimum atomic E-state index is -0.455. The van der Waals surface area contributed by atoms with Crippen molar-refractivity contribution in [1.82, 2.24) is 20.2 Å². The number of carbonyl (C=O) groups is 1. The van der Waals surface area contributed by atoms with Gasteiger partial charge in [0.15, 0.2) is 0 Å². The Kier molecular flexibility index (Phi) is 5.08. The summed E-state index contributed by atoms with van der Waals surface area (Å²) in [5, 5.41) is 14.7. The van der Waals surface area contributed by atoms with Crippen LogP contribution in [-0.4, -0.2) is 31.9 Å². The van der Waals surface area contributed by atoms with Gasteiger partial charge in [-0.25, -0.2) is 4.39 Å². The van der Waals surface area contributed by atoms with Crippen LogP contribution in [0.2, 0.25) is 0 Å². The van der Waals surface area contributed by atoms with E-state index in [1.54, 1.807) is 23.7 Å². The molecule has 3 rings (SSSR count). The zero-order chi connectivity index (χ0) is 17.8. The number of para-hydroxylation sites is 1. The molecule has 0 saturated carbocycles. The predicted octanol–water partition coefficient (Wildman–Crippen LogP) is 3.15. The van der Waals surface area contributed by atoms with Gasteiger partial charge in [-0.2, -0.15) is 4.68 Å². The molecule has 0 radical (unpaired) electrons. The lowest BCUT2D eigenvalue weighted by Gasteiger charge is -2.08. The van der Waals surface area contributed by atoms with E-state index in [9.17, 15) is 9.18 Å². The molecule has 1 heterocycles. The predicted molar refractivity (Wildman–Crippen MR) is 94.4 cm³/mol. The summed E-state index contributed by atoms with van der Waals surface area (Å²) in [7, 11) is 0. The second-order valence-electron chi connectivity index (χ2n) is 5.48. The second kappa shape index (κ2) is 7.43. The van der Waals surface area contributed by atoms with E-state index in [1.807, 2.05) is 31.2 Å². The molecule has 0 aliphatic heterocycles. The van der Waals surface area contributed by atoms with Crippen molar-refractivity contribution in [3.05, 3.63) is 59.4 Å². The van der Waals surface area contributed by atoms with Crippen LogP contribution in [0.3, 0.4) is 0 Å². The maximum absolute atomic E-state index is 13.8. The van der Waals surface area contributed by atoms with Crippen molar-refractivity contribution >= 4 is 23.4 Å². The highest BCUT2D eigenvalue weighted by molar-refractivity contribution is 7.99. The molecular formula is C17H16FN5OS. The van der Waals surface area contributed by atoms with E-state index in [4.69, 9.17) is 0 Å². The molecule has 0 aliphatic rings. The summed E-state index contributed by atoms with van der Waals surface area (Å²) in [5.74, 6) is -0.713. The zero-order valence-corrected chi connectivity index (χ0v) is 14.5. The fraction of sp³-hybridized carbons (Fsp3) is 0.176. The highest BCUT2D eigenvalue weighted by Gasteiger charge is 2.14. The molecule has 25 heavy (non-hydrogen) atoms. The molecule has 0 spiro atoms. The Hall–Kier alpha value is -2.74. The number of hydrogen-bond donors (Lipinski definition) is 1. The van der Waals surface area contributed by atoms with Crippen molar-refractivity contribution in [2.24, 2.45) is 0 Å². The molecule has 2 aromatic carbocycles. The fourth-order valence-electron chi connectivity index (χ4n) is 2.26. The molecule has 6 nitrogen and oxygen atoms in total. The maximum atomic E-state index is 13.8. The summed E-state index contributed by atoms with van der Waals surface area (Å²) >= 11 is 1.19. The van der Waals surface area contributed by atoms with Crippen molar-refractivity contribution in [3.8, 4) is 5.69 Å². The van der Waals surface area contributed by atoms with Gasteiger partial charge in [-0.3, -0.25) is 4.79 Å². The number of halogens is 1. The molecule has 8 heteroatoms. The molecule has 0 bridgehead atoms. The van der Waals surface area contributed by atoms with E-state index in [2.05, 4.69) is 20.8 Å². The van der Waals surface area contributed by atoms with E-state index < -0.39 is 5.82 Å². The normalized spacial score (nSPS) is 10.7. The standard InChI is InChI=1S/C17H16FN5OS/c1-11-7-8-14(13(18)9-11)19-16(24)10-25-17-20-21-22-23(17)15-6-4-3-5-12(15)2/h3-9H,10H2,1-2H3,(H,19,24). The van der Waals surface area contributed by atoms with Crippen molar-refractivity contribution in [3.63, 3.8) is 0 Å². The fourth-order valence-corrected chi connectivity index (χ4v) is 2.94. The molecule has 0 unspecified atom stereocenters. The van der Waals surface area contributed by atoms with Crippen LogP contribution in [0.1, 0.15) is 11.1 Å². The van der Waals surface area contributed by atoms with Crippen LogP contribution in [0.15, 0.2) is 47.6 Å². The van der Waals surface area contributed by atoms with Gasteiger partial charge in [-0.1, -0.05) is 36.0 Å². The summed E-state index contributed by atoms with van der Waals surface area (Å²) in [4.78, 5) is 12.1. The van der Waals surface area contributed by atoms with E-state index in [0.29, 0.717) is 5.16 Å². The van der Waals surface area contributed by atoms with Gasteiger partial charge < -0.3 is 5.32 Å². The number of amides is 1. The van der Waals surface area contributed by atoms with Gasteiger partial charge in [-0.15, -0.1) is 5.10 Å². The van der Waals surface area contributed by atoms with Gasteiger partial charge in [0, 0.05) is 0 Å². The van der Waals surface area contributed by atoms with Gasteiger partial charge in [0.05, 0.1) is 17.1 Å². The summed E-state index contributed by atoms with van der Waals surface area (Å²) in [6.45, 7) is 3.74. The first kappa shape index (κ1) is 17.1. The number of anilines is 1. The van der Waals surface area contributed by atoms with Crippen LogP contribution in [0.5, 0.6) is 0 Å². The van der Waals surface area contributed by atoms with Gasteiger partial charge in [0.2, 0.25) is 11.1 Å². The smallest absolute Gasteiger partial charge is 0.234 e. The number of thioether (sulfide) groups is 1. The van der Waals surface area contributed by atoms with Crippen LogP contribution in [0.25, 0.3) is 5.69 Å². The Bertz CT molecular complexity index is 912. The lowest BCUT2D eigenvalue weighted by Crippen LogP contribution is -2.15. The van der Waals surface area contributed by atoms with Crippen molar-refractivity contribution in [2.75, 3.05) is 11.1 Å². The van der Waals surface area contributed by atoms with Gasteiger partial charge >= 0.3 is 0 Å². The van der Waals surface area contributed by atoms with Crippen molar-refractivity contribution in [1.29, 1.82) is 0 Å². The number of rotatable bonds is 5. The topological polar surface area (TPSA) is 72.7 Å². The van der Waals surface area contributed by atoms with Gasteiger partial charge in [-0.05, 0) is 53.6 Å². The maximum Gasteiger partial charge on any atom is 0.234 e. The number of aromatic nitrogens is 4. The van der Waals surface area contributed by atoms with Crippen LogP contribution in [-0.2, 0) is 4.79 Å². The first-order valence-electron chi connectivity index (χ1n) is 7.58. The molecule has 1 N–H and O–H groups in total. The molecule has 128 valence electrons. The Balaban J connectivity index is 1.67. The number of tetrazole rings is 1. The lowest BCUT2D eigenvalue weighted by atomic mass is 10.2. The summed E-state index contributed by atoms with van der Waals surface area (Å²) < 4.78 is 15.4. The Labute approximate surface area is 148 Å². The van der Waals surface area contributed by atoms with E-state index in [-0.39, 0.29) is 17.3 Å². The Morgan fingerprint density at radius 2 is 2.04 bits per heavy atom. The average molecular weight is 357 g/mol. The zero-order valence-electron chi connectivity index (χ0n) is 13.7. The summed E-state index contributed by atoms with van der Waals surface area (Å²) in [6.07, 6.45) is 0. The number of carbonyl (C=O) groups excluding carboxylic acids is 1. The first-order valence-corrected chi connectivity index (χ1v) is 8.56. The number of hydrogen-bond acceptors (Lipinski definition) is 5. The van der Waals surface area contributed by atoms with Gasteiger partial charge in [0.25, 0.3) is 0 Å². The average Bonchev–Trinajstić information content (AvgIpc) is 3.04. The van der Waals surface area contributed by atoms with E-state index in [1.165, 1.54) is 17.8 Å². The third kappa shape index (κ3) is 4.03. The quantitative estimate of drug-likeness (QED) is 0.710. The van der Waals surface area contributed by atoms with Crippen LogP contribution in [0, 0.1) is 19.7 Å². The van der Waals surface area contributed by atoms with Crippen LogP contribution in [0.4, 0.5) is 10.1 Å². The monoisotopic (exact) mass is 357 g/mol.